The van der Waals surface area contributed by atoms with Gasteiger partial charge in [-0.1, -0.05) is 57.5 Å². The summed E-state index contributed by atoms with van der Waals surface area (Å²) in [5, 5.41) is 12.2. The first-order valence-corrected chi connectivity index (χ1v) is 8.96. The molecule has 1 N–H and O–H groups in total. The Hall–Kier alpha value is -2.51. The Morgan fingerprint density at radius 2 is 1.77 bits per heavy atom. The fourth-order valence-electron chi connectivity index (χ4n) is 2.70. The summed E-state index contributed by atoms with van der Waals surface area (Å²) in [7, 11) is 0. The molecule has 0 heterocycles. The normalized spacial score (nSPS) is 10.7. The third-order valence-corrected chi connectivity index (χ3v) is 4.35. The summed E-state index contributed by atoms with van der Waals surface area (Å²) in [4.78, 5) is 12.4. The molecule has 0 bridgehead atoms. The highest BCUT2D eigenvalue weighted by Crippen LogP contribution is 2.32. The van der Waals surface area contributed by atoms with Gasteiger partial charge in [0.1, 0.15) is 5.75 Å². The number of anilines is 1. The van der Waals surface area contributed by atoms with Crippen molar-refractivity contribution in [3.63, 3.8) is 0 Å². The number of hydrogen-bond acceptors (Lipinski definition) is 3. The molecule has 2 aromatic rings. The lowest BCUT2D eigenvalue weighted by atomic mass is 9.92. The zero-order chi connectivity index (χ0) is 19.3. The van der Waals surface area contributed by atoms with Gasteiger partial charge in [-0.3, -0.25) is 4.79 Å². The minimum atomic E-state index is -0.250. The van der Waals surface area contributed by atoms with E-state index in [9.17, 15) is 4.79 Å². The highest BCUT2D eigenvalue weighted by Gasteiger charge is 2.16. The number of hydrogen-bond donors (Lipinski definition) is 1. The summed E-state index contributed by atoms with van der Waals surface area (Å²) in [6.07, 6.45) is 0. The Balaban J connectivity index is 2.14. The molecule has 1 amide bonds. The van der Waals surface area contributed by atoms with Crippen molar-refractivity contribution in [2.45, 2.75) is 39.5 Å². The lowest BCUT2D eigenvalue weighted by molar-refractivity contribution is -0.118. The Labute approximate surface area is 159 Å². The number of carbonyl (C=O) groups excluding carboxylic acids is 1. The fourth-order valence-corrected chi connectivity index (χ4v) is 2.94. The summed E-state index contributed by atoms with van der Waals surface area (Å²) < 4.78 is 5.52. The van der Waals surface area contributed by atoms with Crippen molar-refractivity contribution in [2.75, 3.05) is 11.9 Å². The van der Waals surface area contributed by atoms with Gasteiger partial charge >= 0.3 is 0 Å². The summed E-state index contributed by atoms with van der Waals surface area (Å²) in [5.74, 6) is 0.707. The number of rotatable bonds is 6. The first-order chi connectivity index (χ1) is 12.3. The molecule has 0 atom stereocenters. The van der Waals surface area contributed by atoms with Gasteiger partial charge in [0.25, 0.3) is 5.91 Å². The SMILES string of the molecule is CC(C)c1cccc(C(C)C)c1NC(=O)COc1ccc(C#N)cc1Cl. The average Bonchev–Trinajstić information content (AvgIpc) is 2.60. The van der Waals surface area contributed by atoms with Gasteiger partial charge in [-0.05, 0) is 41.2 Å². The zero-order valence-corrected chi connectivity index (χ0v) is 16.2. The van der Waals surface area contributed by atoms with Crippen LogP contribution in [-0.2, 0) is 4.79 Å². The maximum absolute atomic E-state index is 12.4. The molecule has 0 unspecified atom stereocenters. The van der Waals surface area contributed by atoms with Gasteiger partial charge in [-0.25, -0.2) is 0 Å². The molecule has 0 saturated carbocycles. The van der Waals surface area contributed by atoms with E-state index < -0.39 is 0 Å². The molecule has 0 fully saturated rings. The zero-order valence-electron chi connectivity index (χ0n) is 15.5. The van der Waals surface area contributed by atoms with E-state index in [0.717, 1.165) is 16.8 Å². The Kier molecular flexibility index (Phi) is 6.65. The molecular weight excluding hydrogens is 348 g/mol. The minimum Gasteiger partial charge on any atom is -0.482 e. The second-order valence-electron chi connectivity index (χ2n) is 6.71. The second kappa shape index (κ2) is 8.73. The molecule has 0 radical (unpaired) electrons. The van der Waals surface area contributed by atoms with Crippen LogP contribution in [0.1, 0.15) is 56.2 Å². The van der Waals surface area contributed by atoms with Crippen LogP contribution < -0.4 is 10.1 Å². The molecule has 136 valence electrons. The lowest BCUT2D eigenvalue weighted by Gasteiger charge is -2.20. The number of halogens is 1. The smallest absolute Gasteiger partial charge is 0.262 e. The molecular formula is C21H23ClN2O2. The number of nitrogens with one attached hydrogen (secondary N) is 1. The van der Waals surface area contributed by atoms with Gasteiger partial charge in [0.2, 0.25) is 0 Å². The highest BCUT2D eigenvalue weighted by molar-refractivity contribution is 6.32. The van der Waals surface area contributed by atoms with Crippen molar-refractivity contribution in [1.29, 1.82) is 5.26 Å². The van der Waals surface area contributed by atoms with Crippen LogP contribution in [0.3, 0.4) is 0 Å². The molecule has 5 heteroatoms. The maximum atomic E-state index is 12.4. The topological polar surface area (TPSA) is 62.1 Å². The molecule has 2 aromatic carbocycles. The van der Waals surface area contributed by atoms with Crippen molar-refractivity contribution >= 4 is 23.2 Å². The number of nitrogens with zero attached hydrogens (tertiary/aromatic N) is 1. The van der Waals surface area contributed by atoms with Gasteiger partial charge in [0.05, 0.1) is 16.7 Å². The molecule has 26 heavy (non-hydrogen) atoms. The van der Waals surface area contributed by atoms with Crippen LogP contribution >= 0.6 is 11.6 Å². The summed E-state index contributed by atoms with van der Waals surface area (Å²) in [6, 6.07) is 12.8. The van der Waals surface area contributed by atoms with Gasteiger partial charge in [0.15, 0.2) is 6.61 Å². The first-order valence-electron chi connectivity index (χ1n) is 8.58. The van der Waals surface area contributed by atoms with Crippen molar-refractivity contribution in [2.24, 2.45) is 0 Å². The monoisotopic (exact) mass is 370 g/mol. The van der Waals surface area contributed by atoms with Crippen LogP contribution in [0.5, 0.6) is 5.75 Å². The molecule has 0 aliphatic rings. The van der Waals surface area contributed by atoms with E-state index in [2.05, 4.69) is 33.0 Å². The molecule has 2 rings (SSSR count). The fraction of sp³-hybridized carbons (Fsp3) is 0.333. The molecule has 0 aromatic heterocycles. The Morgan fingerprint density at radius 1 is 1.15 bits per heavy atom. The number of para-hydroxylation sites is 1. The average molecular weight is 371 g/mol. The van der Waals surface area contributed by atoms with E-state index in [-0.39, 0.29) is 24.3 Å². The number of nitriles is 1. The highest BCUT2D eigenvalue weighted by atomic mass is 35.5. The second-order valence-corrected chi connectivity index (χ2v) is 7.12. The van der Waals surface area contributed by atoms with Crippen molar-refractivity contribution in [3.05, 3.63) is 58.1 Å². The molecule has 0 aliphatic heterocycles. The Morgan fingerprint density at radius 3 is 2.27 bits per heavy atom. The van der Waals surface area contributed by atoms with Crippen LogP contribution in [0, 0.1) is 11.3 Å². The van der Waals surface area contributed by atoms with Crippen LogP contribution in [0.4, 0.5) is 5.69 Å². The van der Waals surface area contributed by atoms with E-state index in [1.807, 2.05) is 24.3 Å². The molecule has 0 spiro atoms. The standard InChI is InChI=1S/C21H23ClN2O2/c1-13(2)16-6-5-7-17(14(3)4)21(16)24-20(25)12-26-19-9-8-15(11-23)10-18(19)22/h5-10,13-14H,12H2,1-4H3,(H,24,25). The van der Waals surface area contributed by atoms with E-state index >= 15 is 0 Å². The largest absolute Gasteiger partial charge is 0.482 e. The van der Waals surface area contributed by atoms with Crippen molar-refractivity contribution < 1.29 is 9.53 Å². The number of ether oxygens (including phenoxy) is 1. The third-order valence-electron chi connectivity index (χ3n) is 4.06. The van der Waals surface area contributed by atoms with E-state index in [4.69, 9.17) is 21.6 Å². The molecule has 0 aliphatic carbocycles. The summed E-state index contributed by atoms with van der Waals surface area (Å²) >= 11 is 6.08. The van der Waals surface area contributed by atoms with Crippen LogP contribution in [0.25, 0.3) is 0 Å². The van der Waals surface area contributed by atoms with Crippen LogP contribution in [0.15, 0.2) is 36.4 Å². The third kappa shape index (κ3) is 4.77. The summed E-state index contributed by atoms with van der Waals surface area (Å²) in [5.41, 5.74) is 3.50. The van der Waals surface area contributed by atoms with E-state index in [1.54, 1.807) is 12.1 Å². The van der Waals surface area contributed by atoms with Gasteiger partial charge < -0.3 is 10.1 Å². The van der Waals surface area contributed by atoms with Crippen molar-refractivity contribution in [1.82, 2.24) is 0 Å². The number of amides is 1. The van der Waals surface area contributed by atoms with Gasteiger partial charge in [-0.2, -0.15) is 5.26 Å². The Bertz CT molecular complexity index is 812. The van der Waals surface area contributed by atoms with Crippen LogP contribution in [-0.4, -0.2) is 12.5 Å². The summed E-state index contributed by atoms with van der Waals surface area (Å²) in [6.45, 7) is 8.24. The lowest BCUT2D eigenvalue weighted by Crippen LogP contribution is -2.22. The van der Waals surface area contributed by atoms with Crippen LogP contribution in [0.2, 0.25) is 5.02 Å². The van der Waals surface area contributed by atoms with Gasteiger partial charge in [0, 0.05) is 5.69 Å². The number of benzene rings is 2. The maximum Gasteiger partial charge on any atom is 0.262 e. The predicted molar refractivity (Wildman–Crippen MR) is 105 cm³/mol. The number of carbonyl (C=O) groups is 1. The predicted octanol–water partition coefficient (Wildman–Crippen LogP) is 5.48. The molecule has 4 nitrogen and oxygen atoms in total. The van der Waals surface area contributed by atoms with E-state index in [1.165, 1.54) is 6.07 Å². The quantitative estimate of drug-likeness (QED) is 0.732. The van der Waals surface area contributed by atoms with E-state index in [0.29, 0.717) is 16.3 Å². The van der Waals surface area contributed by atoms with Crippen molar-refractivity contribution in [3.8, 4) is 11.8 Å². The minimum absolute atomic E-state index is 0.157. The molecule has 0 saturated heterocycles. The first kappa shape index (κ1) is 19.8. The van der Waals surface area contributed by atoms with Gasteiger partial charge in [-0.15, -0.1) is 0 Å².